The first-order valence-electron chi connectivity index (χ1n) is 9.78. The molecule has 2 aliphatic rings. The van der Waals surface area contributed by atoms with Crippen LogP contribution in [0.3, 0.4) is 0 Å². The van der Waals surface area contributed by atoms with Crippen molar-refractivity contribution in [2.45, 2.75) is 5.03 Å². The predicted octanol–water partition coefficient (Wildman–Crippen LogP) is 1.77. The van der Waals surface area contributed by atoms with Crippen LogP contribution in [0.1, 0.15) is 10.4 Å². The highest BCUT2D eigenvalue weighted by molar-refractivity contribution is 7.99. The molecule has 30 heavy (non-hydrogen) atoms. The SMILES string of the molecule is Cn1cc(C(=O)N2CCSCC2)c(S(=O)(=O)N2CCN(c3ccccc3Cl)CC2)n1. The minimum atomic E-state index is -3.88. The van der Waals surface area contributed by atoms with E-state index >= 15 is 0 Å². The van der Waals surface area contributed by atoms with Crippen LogP contribution in [0.2, 0.25) is 5.02 Å². The number of amides is 1. The van der Waals surface area contributed by atoms with E-state index < -0.39 is 10.0 Å². The first-order chi connectivity index (χ1) is 14.4. The molecule has 2 saturated heterocycles. The van der Waals surface area contributed by atoms with Crippen LogP contribution in [-0.2, 0) is 17.1 Å². The highest BCUT2D eigenvalue weighted by Crippen LogP contribution is 2.28. The van der Waals surface area contributed by atoms with Crippen molar-refractivity contribution in [3.8, 4) is 0 Å². The summed E-state index contributed by atoms with van der Waals surface area (Å²) in [6.07, 6.45) is 1.51. The van der Waals surface area contributed by atoms with Gasteiger partial charge in [-0.05, 0) is 12.1 Å². The molecule has 162 valence electrons. The molecule has 4 rings (SSSR count). The van der Waals surface area contributed by atoms with Crippen molar-refractivity contribution in [3.05, 3.63) is 41.0 Å². The van der Waals surface area contributed by atoms with E-state index in [-0.39, 0.29) is 16.5 Å². The Morgan fingerprint density at radius 2 is 1.73 bits per heavy atom. The molecule has 0 spiro atoms. The zero-order valence-electron chi connectivity index (χ0n) is 16.7. The standard InChI is InChI=1S/C19H24ClN5O3S2/c1-22-14-15(19(26)24-10-12-29-13-11-24)18(21-22)30(27,28)25-8-6-23(7-9-25)17-5-3-2-4-16(17)20/h2-5,14H,6-13H2,1H3. The average Bonchev–Trinajstić information content (AvgIpc) is 3.17. The minimum Gasteiger partial charge on any atom is -0.368 e. The van der Waals surface area contributed by atoms with Gasteiger partial charge in [-0.25, -0.2) is 8.42 Å². The lowest BCUT2D eigenvalue weighted by atomic mass is 10.2. The number of carbonyl (C=O) groups excluding carboxylic acids is 1. The number of aryl methyl sites for hydroxylation is 1. The van der Waals surface area contributed by atoms with Gasteiger partial charge in [0.1, 0.15) is 0 Å². The molecule has 0 radical (unpaired) electrons. The fourth-order valence-corrected chi connectivity index (χ4v) is 6.44. The fraction of sp³-hybridized carbons (Fsp3) is 0.474. The normalized spacial score (nSPS) is 18.6. The van der Waals surface area contributed by atoms with Crippen LogP contribution < -0.4 is 4.90 Å². The third-order valence-corrected chi connectivity index (χ3v) is 8.44. The van der Waals surface area contributed by atoms with Gasteiger partial charge in [0.25, 0.3) is 15.9 Å². The number of piperazine rings is 1. The van der Waals surface area contributed by atoms with Gasteiger partial charge in [0.2, 0.25) is 5.03 Å². The maximum Gasteiger partial charge on any atom is 0.263 e. The van der Waals surface area contributed by atoms with E-state index in [4.69, 9.17) is 11.6 Å². The van der Waals surface area contributed by atoms with Crippen molar-refractivity contribution in [1.82, 2.24) is 19.0 Å². The number of carbonyl (C=O) groups is 1. The van der Waals surface area contributed by atoms with Gasteiger partial charge < -0.3 is 9.80 Å². The van der Waals surface area contributed by atoms with Crippen LogP contribution in [0.25, 0.3) is 0 Å². The number of thioether (sulfide) groups is 1. The number of benzene rings is 1. The molecule has 0 bridgehead atoms. The topological polar surface area (TPSA) is 78.8 Å². The number of nitrogens with zero attached hydrogens (tertiary/aromatic N) is 5. The molecule has 1 aromatic heterocycles. The minimum absolute atomic E-state index is 0.151. The molecule has 2 fully saturated rings. The zero-order valence-corrected chi connectivity index (χ0v) is 19.1. The van der Waals surface area contributed by atoms with E-state index in [0.29, 0.717) is 44.3 Å². The largest absolute Gasteiger partial charge is 0.368 e. The Bertz CT molecular complexity index is 1030. The summed E-state index contributed by atoms with van der Waals surface area (Å²) >= 11 is 8.08. The molecule has 2 aliphatic heterocycles. The molecule has 0 atom stereocenters. The molecule has 11 heteroatoms. The molecule has 0 N–H and O–H groups in total. The lowest BCUT2D eigenvalue weighted by Gasteiger charge is -2.35. The summed E-state index contributed by atoms with van der Waals surface area (Å²) in [6.45, 7) is 2.88. The van der Waals surface area contributed by atoms with Crippen LogP contribution in [0.15, 0.2) is 35.5 Å². The molecule has 3 heterocycles. The summed E-state index contributed by atoms with van der Waals surface area (Å²) in [5, 5.41) is 4.66. The molecular formula is C19H24ClN5O3S2. The van der Waals surface area contributed by atoms with Gasteiger partial charge in [0.05, 0.1) is 16.3 Å². The number of para-hydroxylation sites is 1. The molecule has 0 unspecified atom stereocenters. The number of sulfonamides is 1. The van der Waals surface area contributed by atoms with Crippen molar-refractivity contribution < 1.29 is 13.2 Å². The first kappa shape index (κ1) is 21.5. The van der Waals surface area contributed by atoms with Crippen molar-refractivity contribution >= 4 is 45.0 Å². The summed E-state index contributed by atoms with van der Waals surface area (Å²) < 4.78 is 29.5. The third kappa shape index (κ3) is 4.18. The number of hydrogen-bond acceptors (Lipinski definition) is 6. The Morgan fingerprint density at radius 1 is 1.07 bits per heavy atom. The van der Waals surface area contributed by atoms with Gasteiger partial charge in [-0.2, -0.15) is 21.2 Å². The smallest absolute Gasteiger partial charge is 0.263 e. The van der Waals surface area contributed by atoms with Gasteiger partial charge in [-0.1, -0.05) is 23.7 Å². The summed E-state index contributed by atoms with van der Waals surface area (Å²) in [5.41, 5.74) is 1.05. The van der Waals surface area contributed by atoms with E-state index in [2.05, 4.69) is 10.00 Å². The van der Waals surface area contributed by atoms with Crippen LogP contribution >= 0.6 is 23.4 Å². The molecule has 2 aromatic rings. The van der Waals surface area contributed by atoms with E-state index in [1.165, 1.54) is 15.2 Å². The number of halogens is 1. The number of aromatic nitrogens is 2. The second-order valence-corrected chi connectivity index (χ2v) is 10.8. The molecule has 1 amide bonds. The van der Waals surface area contributed by atoms with E-state index in [1.807, 2.05) is 24.3 Å². The average molecular weight is 470 g/mol. The van der Waals surface area contributed by atoms with Crippen molar-refractivity contribution in [2.75, 3.05) is 55.7 Å². The van der Waals surface area contributed by atoms with Crippen molar-refractivity contribution in [3.63, 3.8) is 0 Å². The summed E-state index contributed by atoms with van der Waals surface area (Å²) in [5.74, 6) is 1.45. The van der Waals surface area contributed by atoms with Gasteiger partial charge in [-0.15, -0.1) is 0 Å². The van der Waals surface area contributed by atoms with Crippen molar-refractivity contribution in [2.24, 2.45) is 7.05 Å². The Hall–Kier alpha value is -1.75. The fourth-order valence-electron chi connectivity index (χ4n) is 3.74. The monoisotopic (exact) mass is 469 g/mol. The Balaban J connectivity index is 1.53. The third-order valence-electron chi connectivity index (χ3n) is 5.34. The summed E-state index contributed by atoms with van der Waals surface area (Å²) in [4.78, 5) is 16.8. The number of anilines is 1. The first-order valence-corrected chi connectivity index (χ1v) is 12.8. The molecule has 1 aromatic carbocycles. The van der Waals surface area contributed by atoms with Gasteiger partial charge in [0.15, 0.2) is 0 Å². The van der Waals surface area contributed by atoms with E-state index in [9.17, 15) is 13.2 Å². The summed E-state index contributed by atoms with van der Waals surface area (Å²) in [6, 6.07) is 7.53. The molecule has 8 nitrogen and oxygen atoms in total. The molecule has 0 aliphatic carbocycles. The Kier molecular flexibility index (Phi) is 6.29. The lowest BCUT2D eigenvalue weighted by Crippen LogP contribution is -2.49. The number of rotatable bonds is 4. The quantitative estimate of drug-likeness (QED) is 0.679. The second-order valence-electron chi connectivity index (χ2n) is 7.27. The van der Waals surface area contributed by atoms with Gasteiger partial charge in [0, 0.05) is 64.0 Å². The van der Waals surface area contributed by atoms with Gasteiger partial charge >= 0.3 is 0 Å². The van der Waals surface area contributed by atoms with Crippen LogP contribution in [-0.4, -0.2) is 84.1 Å². The maximum absolute atomic E-state index is 13.3. The highest BCUT2D eigenvalue weighted by Gasteiger charge is 2.36. The van der Waals surface area contributed by atoms with Crippen LogP contribution in [0, 0.1) is 0 Å². The van der Waals surface area contributed by atoms with E-state index in [1.54, 1.807) is 23.7 Å². The van der Waals surface area contributed by atoms with Crippen LogP contribution in [0.5, 0.6) is 0 Å². The Labute approximate surface area is 185 Å². The Morgan fingerprint density at radius 3 is 2.40 bits per heavy atom. The maximum atomic E-state index is 13.3. The van der Waals surface area contributed by atoms with E-state index in [0.717, 1.165) is 17.2 Å². The van der Waals surface area contributed by atoms with Crippen LogP contribution in [0.4, 0.5) is 5.69 Å². The highest BCUT2D eigenvalue weighted by atomic mass is 35.5. The molecular weight excluding hydrogens is 446 g/mol. The predicted molar refractivity (Wildman–Crippen MR) is 119 cm³/mol. The van der Waals surface area contributed by atoms with Gasteiger partial charge in [-0.3, -0.25) is 9.48 Å². The number of hydrogen-bond donors (Lipinski definition) is 0. The zero-order chi connectivity index (χ0) is 21.3. The summed E-state index contributed by atoms with van der Waals surface area (Å²) in [7, 11) is -2.25. The lowest BCUT2D eigenvalue weighted by molar-refractivity contribution is 0.0768. The second kappa shape index (κ2) is 8.78. The van der Waals surface area contributed by atoms with Crippen molar-refractivity contribution in [1.29, 1.82) is 0 Å². The molecule has 0 saturated carbocycles.